The molecule has 0 aromatic carbocycles. The number of aliphatic carboxylic acids is 1. The van der Waals surface area contributed by atoms with Gasteiger partial charge in [0.05, 0.1) is 16.3 Å². The number of carbonyl (C=O) groups is 2. The molecule has 2 heterocycles. The molecule has 3 N–H and O–H groups in total. The number of β-lactam (4-membered cyclic amide) rings is 1. The number of carboxylic acids is 1. The molecule has 0 aromatic rings. The van der Waals surface area contributed by atoms with Crippen LogP contribution in [0.15, 0.2) is 9.93 Å². The fourth-order valence-corrected chi connectivity index (χ4v) is 4.85. The molecule has 0 saturated carbocycles. The third-order valence-electron chi connectivity index (χ3n) is 2.75. The Morgan fingerprint density at radius 2 is 2.06 bits per heavy atom. The zero-order chi connectivity index (χ0) is 13.6. The van der Waals surface area contributed by atoms with E-state index in [-0.39, 0.29) is 17.0 Å². The number of hydrogen-bond donors (Lipinski definition) is 3. The van der Waals surface area contributed by atoms with Gasteiger partial charge in [0, 0.05) is 0 Å². The summed E-state index contributed by atoms with van der Waals surface area (Å²) in [5.74, 6) is -2.14. The largest absolute Gasteiger partial charge is 0.477 e. The molecule has 0 bridgehead atoms. The van der Waals surface area contributed by atoms with Crippen molar-refractivity contribution in [3.8, 4) is 0 Å². The SMILES string of the molecule is CC(O)SC1=C(C(=O)O)N2C(=O)[C@H](C(C)O)[C@H]2S1. The van der Waals surface area contributed by atoms with E-state index in [1.807, 2.05) is 0 Å². The Labute approximate surface area is 112 Å². The quantitative estimate of drug-likeness (QED) is 0.503. The van der Waals surface area contributed by atoms with Crippen LogP contribution in [0.3, 0.4) is 0 Å². The highest BCUT2D eigenvalue weighted by atomic mass is 32.2. The third kappa shape index (κ3) is 2.03. The Morgan fingerprint density at radius 1 is 1.44 bits per heavy atom. The van der Waals surface area contributed by atoms with Crippen molar-refractivity contribution in [3.63, 3.8) is 0 Å². The summed E-state index contributed by atoms with van der Waals surface area (Å²) in [5.41, 5.74) is -0.835. The van der Waals surface area contributed by atoms with Crippen molar-refractivity contribution in [2.75, 3.05) is 0 Å². The lowest BCUT2D eigenvalue weighted by atomic mass is 9.92. The molecule has 6 nitrogen and oxygen atoms in total. The summed E-state index contributed by atoms with van der Waals surface area (Å²) in [7, 11) is 0. The Hall–Kier alpha value is -0.700. The molecule has 1 amide bonds. The summed E-state index contributed by atoms with van der Waals surface area (Å²) in [6, 6.07) is 0. The van der Waals surface area contributed by atoms with Gasteiger partial charge in [0.2, 0.25) is 5.91 Å². The normalized spacial score (nSPS) is 30.0. The zero-order valence-corrected chi connectivity index (χ0v) is 11.4. The number of hydrogen-bond acceptors (Lipinski definition) is 6. The predicted molar refractivity (Wildman–Crippen MR) is 67.3 cm³/mol. The molecule has 0 aromatic heterocycles. The van der Waals surface area contributed by atoms with Gasteiger partial charge in [-0.2, -0.15) is 0 Å². The first-order chi connectivity index (χ1) is 8.34. The average Bonchev–Trinajstić information content (AvgIpc) is 2.51. The van der Waals surface area contributed by atoms with Gasteiger partial charge in [-0.25, -0.2) is 4.79 Å². The van der Waals surface area contributed by atoms with E-state index in [4.69, 9.17) is 5.11 Å². The minimum atomic E-state index is -1.19. The molecule has 1 saturated heterocycles. The molecule has 2 unspecified atom stereocenters. The molecule has 2 aliphatic rings. The minimum absolute atomic E-state index is 0.0854. The van der Waals surface area contributed by atoms with E-state index in [1.54, 1.807) is 0 Å². The first-order valence-electron chi connectivity index (χ1n) is 5.34. The van der Waals surface area contributed by atoms with Crippen molar-refractivity contribution in [1.82, 2.24) is 4.90 Å². The number of aliphatic hydroxyl groups is 2. The van der Waals surface area contributed by atoms with Crippen molar-refractivity contribution in [2.24, 2.45) is 5.92 Å². The maximum absolute atomic E-state index is 11.8. The van der Waals surface area contributed by atoms with Crippen LogP contribution in [0.5, 0.6) is 0 Å². The summed E-state index contributed by atoms with van der Waals surface area (Å²) in [5, 5.41) is 27.6. The van der Waals surface area contributed by atoms with Crippen LogP contribution in [0.4, 0.5) is 0 Å². The van der Waals surface area contributed by atoms with Crippen LogP contribution in [0, 0.1) is 5.92 Å². The summed E-state index contributed by atoms with van der Waals surface area (Å²) >= 11 is 2.22. The Kier molecular flexibility index (Phi) is 3.63. The van der Waals surface area contributed by atoms with Gasteiger partial charge in [-0.05, 0) is 13.8 Å². The minimum Gasteiger partial charge on any atom is -0.477 e. The van der Waals surface area contributed by atoms with Crippen molar-refractivity contribution < 1.29 is 24.9 Å². The van der Waals surface area contributed by atoms with Crippen LogP contribution in [-0.4, -0.2) is 49.0 Å². The van der Waals surface area contributed by atoms with E-state index in [1.165, 1.54) is 30.5 Å². The highest BCUT2D eigenvalue weighted by Crippen LogP contribution is 2.54. The topological polar surface area (TPSA) is 98.1 Å². The van der Waals surface area contributed by atoms with Gasteiger partial charge in [0.25, 0.3) is 0 Å². The fraction of sp³-hybridized carbons (Fsp3) is 0.600. The second-order valence-corrected chi connectivity index (χ2v) is 6.85. The number of thioether (sulfide) groups is 2. The number of nitrogens with zero attached hydrogens (tertiary/aromatic N) is 1. The van der Waals surface area contributed by atoms with Crippen LogP contribution in [0.2, 0.25) is 0 Å². The summed E-state index contributed by atoms with van der Waals surface area (Å²) in [4.78, 5) is 24.2. The number of amides is 1. The van der Waals surface area contributed by atoms with Crippen LogP contribution in [-0.2, 0) is 9.59 Å². The molecule has 100 valence electrons. The average molecular weight is 291 g/mol. The number of fused-ring (bicyclic) bond motifs is 1. The van der Waals surface area contributed by atoms with Gasteiger partial charge >= 0.3 is 5.97 Å². The smallest absolute Gasteiger partial charge is 0.354 e. The molecule has 0 aliphatic carbocycles. The summed E-state index contributed by atoms with van der Waals surface area (Å²) in [6.45, 7) is 3.04. The highest BCUT2D eigenvalue weighted by molar-refractivity contribution is 8.23. The summed E-state index contributed by atoms with van der Waals surface area (Å²) < 4.78 is 0.416. The van der Waals surface area contributed by atoms with E-state index < -0.39 is 23.4 Å². The Morgan fingerprint density at radius 3 is 2.50 bits per heavy atom. The predicted octanol–water partition coefficient (Wildman–Crippen LogP) is 0.224. The molecule has 0 spiro atoms. The van der Waals surface area contributed by atoms with Gasteiger partial charge in [-0.3, -0.25) is 9.69 Å². The van der Waals surface area contributed by atoms with E-state index >= 15 is 0 Å². The van der Waals surface area contributed by atoms with Gasteiger partial charge in [-0.1, -0.05) is 23.5 Å². The van der Waals surface area contributed by atoms with Gasteiger partial charge in [-0.15, -0.1) is 0 Å². The molecule has 2 rings (SSSR count). The van der Waals surface area contributed by atoms with Gasteiger partial charge in [0.1, 0.15) is 10.8 Å². The molecule has 4 atom stereocenters. The van der Waals surface area contributed by atoms with Gasteiger partial charge < -0.3 is 15.3 Å². The number of rotatable bonds is 4. The lowest BCUT2D eigenvalue weighted by molar-refractivity contribution is -0.156. The number of aliphatic hydroxyl groups excluding tert-OH is 2. The van der Waals surface area contributed by atoms with E-state index in [0.29, 0.717) is 4.24 Å². The van der Waals surface area contributed by atoms with Gasteiger partial charge in [0.15, 0.2) is 5.70 Å². The molecular formula is C10H13NO5S2. The second-order valence-electron chi connectivity index (χ2n) is 4.14. The van der Waals surface area contributed by atoms with E-state index in [9.17, 15) is 19.8 Å². The van der Waals surface area contributed by atoms with Crippen molar-refractivity contribution >= 4 is 35.4 Å². The van der Waals surface area contributed by atoms with E-state index in [2.05, 4.69) is 0 Å². The molecule has 8 heteroatoms. The lowest BCUT2D eigenvalue weighted by Gasteiger charge is -2.43. The monoisotopic (exact) mass is 291 g/mol. The number of carboxylic acid groups (broad SMARTS) is 1. The second kappa shape index (κ2) is 4.76. The third-order valence-corrected chi connectivity index (χ3v) is 5.23. The van der Waals surface area contributed by atoms with Crippen LogP contribution < -0.4 is 0 Å². The molecule has 1 fully saturated rings. The molecule has 0 radical (unpaired) electrons. The number of carbonyl (C=O) groups excluding carboxylic acids is 1. The standard InChI is InChI=1S/C10H13NO5S2/c1-3(12)5-7(14)11-6(9(15)16)10(17-4(2)13)18-8(5)11/h3-5,8,12-13H,1-2H3,(H,15,16)/t3?,4?,5-,8+/m0/s1. The Balaban J connectivity index is 2.27. The van der Waals surface area contributed by atoms with Crippen molar-refractivity contribution in [3.05, 3.63) is 9.93 Å². The van der Waals surface area contributed by atoms with Crippen molar-refractivity contribution in [1.29, 1.82) is 0 Å². The van der Waals surface area contributed by atoms with Crippen LogP contribution in [0.25, 0.3) is 0 Å². The van der Waals surface area contributed by atoms with Crippen LogP contribution in [0.1, 0.15) is 13.8 Å². The Bertz CT molecular complexity index is 434. The van der Waals surface area contributed by atoms with Crippen LogP contribution >= 0.6 is 23.5 Å². The first-order valence-corrected chi connectivity index (χ1v) is 7.10. The maximum atomic E-state index is 11.8. The molecule has 2 aliphatic heterocycles. The molecular weight excluding hydrogens is 278 g/mol. The lowest BCUT2D eigenvalue weighted by Crippen LogP contribution is -2.60. The first kappa shape index (κ1) is 13.7. The summed E-state index contributed by atoms with van der Waals surface area (Å²) in [6.07, 6.45) is -0.808. The molecule has 18 heavy (non-hydrogen) atoms. The van der Waals surface area contributed by atoms with E-state index in [0.717, 1.165) is 11.8 Å². The fourth-order valence-electron chi connectivity index (χ4n) is 1.99. The maximum Gasteiger partial charge on any atom is 0.354 e. The highest BCUT2D eigenvalue weighted by Gasteiger charge is 2.57. The van der Waals surface area contributed by atoms with Crippen molar-refractivity contribution in [2.45, 2.75) is 30.8 Å². The zero-order valence-electron chi connectivity index (χ0n) is 9.73.